The van der Waals surface area contributed by atoms with Gasteiger partial charge in [0, 0.05) is 5.02 Å². The minimum atomic E-state index is 0.414. The summed E-state index contributed by atoms with van der Waals surface area (Å²) in [5.74, 6) is 0.884. The van der Waals surface area contributed by atoms with Crippen molar-refractivity contribution in [2.24, 2.45) is 5.73 Å². The van der Waals surface area contributed by atoms with Gasteiger partial charge in [0.15, 0.2) is 0 Å². The average molecular weight is 300 g/mol. The van der Waals surface area contributed by atoms with Crippen LogP contribution in [0, 0.1) is 13.8 Å². The molecule has 1 heterocycles. The Kier molecular flexibility index (Phi) is 3.70. The Balaban J connectivity index is 2.16. The molecule has 0 radical (unpaired) electrons. The van der Waals surface area contributed by atoms with Crippen molar-refractivity contribution in [1.29, 1.82) is 0 Å². The second-order valence-corrected chi connectivity index (χ2v) is 5.74. The van der Waals surface area contributed by atoms with Gasteiger partial charge < -0.3 is 10.3 Å². The van der Waals surface area contributed by atoms with Crippen molar-refractivity contribution in [3.63, 3.8) is 0 Å². The van der Waals surface area contributed by atoms with Gasteiger partial charge in [-0.05, 0) is 48.7 Å². The molecule has 3 rings (SSSR count). The van der Waals surface area contributed by atoms with Gasteiger partial charge in [-0.25, -0.2) is 4.98 Å². The summed E-state index contributed by atoms with van der Waals surface area (Å²) in [5.41, 5.74) is 11.5. The minimum absolute atomic E-state index is 0.414. The normalized spacial score (nSPS) is 11.2. The highest BCUT2D eigenvalue weighted by molar-refractivity contribution is 6.31. The highest BCUT2D eigenvalue weighted by Gasteiger charge is 2.12. The maximum Gasteiger partial charge on any atom is 0.123 e. The van der Waals surface area contributed by atoms with Gasteiger partial charge in [-0.3, -0.25) is 0 Å². The number of hydrogen-bond donors (Lipinski definition) is 1. The Labute approximate surface area is 129 Å². The number of halogens is 1. The van der Waals surface area contributed by atoms with E-state index >= 15 is 0 Å². The van der Waals surface area contributed by atoms with Crippen LogP contribution in [0.15, 0.2) is 36.4 Å². The van der Waals surface area contributed by atoms with Crippen molar-refractivity contribution in [1.82, 2.24) is 9.55 Å². The number of aromatic nitrogens is 2. The maximum absolute atomic E-state index is 6.28. The van der Waals surface area contributed by atoms with Crippen LogP contribution in [0.2, 0.25) is 5.02 Å². The van der Waals surface area contributed by atoms with Crippen LogP contribution in [0.25, 0.3) is 11.0 Å². The summed E-state index contributed by atoms with van der Waals surface area (Å²) in [4.78, 5) is 4.65. The topological polar surface area (TPSA) is 43.8 Å². The fraction of sp³-hybridized carbons (Fsp3) is 0.235. The van der Waals surface area contributed by atoms with Crippen molar-refractivity contribution in [3.05, 3.63) is 63.9 Å². The van der Waals surface area contributed by atoms with Gasteiger partial charge in [-0.1, -0.05) is 29.8 Å². The van der Waals surface area contributed by atoms with E-state index in [9.17, 15) is 0 Å². The molecule has 0 aliphatic rings. The number of nitrogens with zero attached hydrogens (tertiary/aromatic N) is 2. The van der Waals surface area contributed by atoms with E-state index in [2.05, 4.69) is 35.5 Å². The van der Waals surface area contributed by atoms with E-state index in [1.165, 1.54) is 11.1 Å². The zero-order chi connectivity index (χ0) is 15.0. The molecule has 2 N–H and O–H groups in total. The summed E-state index contributed by atoms with van der Waals surface area (Å²) < 4.78 is 2.16. The molecule has 4 heteroatoms. The van der Waals surface area contributed by atoms with Crippen molar-refractivity contribution < 1.29 is 0 Å². The molecule has 0 saturated heterocycles. The fourth-order valence-corrected chi connectivity index (χ4v) is 2.75. The fourth-order valence-electron chi connectivity index (χ4n) is 2.56. The molecule has 3 aromatic rings. The molecule has 0 spiro atoms. The Morgan fingerprint density at radius 1 is 1.14 bits per heavy atom. The van der Waals surface area contributed by atoms with Gasteiger partial charge in [-0.15, -0.1) is 0 Å². The smallest absolute Gasteiger partial charge is 0.123 e. The van der Waals surface area contributed by atoms with Gasteiger partial charge >= 0.3 is 0 Å². The molecule has 0 aliphatic heterocycles. The lowest BCUT2D eigenvalue weighted by Gasteiger charge is -2.10. The van der Waals surface area contributed by atoms with Crippen LogP contribution in [-0.4, -0.2) is 9.55 Å². The second kappa shape index (κ2) is 5.51. The van der Waals surface area contributed by atoms with Crippen molar-refractivity contribution in [2.75, 3.05) is 0 Å². The first kappa shape index (κ1) is 14.1. The summed E-state index contributed by atoms with van der Waals surface area (Å²) >= 11 is 6.28. The zero-order valence-electron chi connectivity index (χ0n) is 12.2. The van der Waals surface area contributed by atoms with E-state index in [1.807, 2.05) is 24.3 Å². The third-order valence-corrected chi connectivity index (χ3v) is 4.28. The van der Waals surface area contributed by atoms with Crippen LogP contribution in [-0.2, 0) is 13.1 Å². The number of benzene rings is 2. The summed E-state index contributed by atoms with van der Waals surface area (Å²) in [6.07, 6.45) is 0. The summed E-state index contributed by atoms with van der Waals surface area (Å²) in [5, 5.41) is 0.770. The van der Waals surface area contributed by atoms with E-state index in [4.69, 9.17) is 17.3 Å². The molecule has 0 saturated carbocycles. The van der Waals surface area contributed by atoms with Crippen LogP contribution >= 0.6 is 11.6 Å². The molecule has 0 bridgehead atoms. The highest BCUT2D eigenvalue weighted by atomic mass is 35.5. The van der Waals surface area contributed by atoms with E-state index in [0.29, 0.717) is 13.1 Å². The number of fused-ring (bicyclic) bond motifs is 1. The van der Waals surface area contributed by atoms with Gasteiger partial charge in [0.2, 0.25) is 0 Å². The van der Waals surface area contributed by atoms with E-state index < -0.39 is 0 Å². The summed E-state index contributed by atoms with van der Waals surface area (Å²) in [6, 6.07) is 12.2. The molecule has 3 nitrogen and oxygen atoms in total. The Morgan fingerprint density at radius 2 is 1.86 bits per heavy atom. The number of rotatable bonds is 3. The first-order valence-electron chi connectivity index (χ1n) is 7.00. The lowest BCUT2D eigenvalue weighted by molar-refractivity contribution is 0.744. The van der Waals surface area contributed by atoms with Crippen LogP contribution in [0.3, 0.4) is 0 Å². The average Bonchev–Trinajstić information content (AvgIpc) is 2.79. The number of hydrogen-bond acceptors (Lipinski definition) is 2. The highest BCUT2D eigenvalue weighted by Crippen LogP contribution is 2.24. The molecule has 2 aromatic carbocycles. The summed E-state index contributed by atoms with van der Waals surface area (Å²) in [7, 11) is 0. The molecule has 0 aliphatic carbocycles. The molecule has 108 valence electrons. The third-order valence-electron chi connectivity index (χ3n) is 3.91. The van der Waals surface area contributed by atoms with Gasteiger partial charge in [0.25, 0.3) is 0 Å². The second-order valence-electron chi connectivity index (χ2n) is 5.33. The molecular weight excluding hydrogens is 282 g/mol. The first-order chi connectivity index (χ1) is 10.1. The van der Waals surface area contributed by atoms with Crippen LogP contribution in [0.4, 0.5) is 0 Å². The SMILES string of the molecule is Cc1cc2nc(CN)n(Cc3ccccc3Cl)c2cc1C. The largest absolute Gasteiger partial charge is 0.324 e. The van der Waals surface area contributed by atoms with Gasteiger partial charge in [0.05, 0.1) is 24.1 Å². The lowest BCUT2D eigenvalue weighted by Crippen LogP contribution is -2.09. The van der Waals surface area contributed by atoms with E-state index in [-0.39, 0.29) is 0 Å². The van der Waals surface area contributed by atoms with Crippen LogP contribution in [0.5, 0.6) is 0 Å². The molecule has 0 atom stereocenters. The molecule has 0 fully saturated rings. The summed E-state index contributed by atoms with van der Waals surface area (Å²) in [6.45, 7) is 5.32. The van der Waals surface area contributed by atoms with Crippen molar-refractivity contribution >= 4 is 22.6 Å². The Hall–Kier alpha value is -1.84. The Bertz CT molecular complexity index is 805. The standard InChI is InChI=1S/C17H18ClN3/c1-11-7-15-16(8-12(11)2)21(17(9-19)20-15)10-13-5-3-4-6-14(13)18/h3-8H,9-10,19H2,1-2H3. The van der Waals surface area contributed by atoms with Gasteiger partial charge in [-0.2, -0.15) is 0 Å². The van der Waals surface area contributed by atoms with Crippen LogP contribution in [0.1, 0.15) is 22.5 Å². The third kappa shape index (κ3) is 2.55. The predicted molar refractivity (Wildman–Crippen MR) is 87.7 cm³/mol. The molecular formula is C17H18ClN3. The molecule has 21 heavy (non-hydrogen) atoms. The van der Waals surface area contributed by atoms with Crippen LogP contribution < -0.4 is 5.73 Å². The van der Waals surface area contributed by atoms with E-state index in [0.717, 1.165) is 27.4 Å². The van der Waals surface area contributed by atoms with Crippen molar-refractivity contribution in [3.8, 4) is 0 Å². The maximum atomic E-state index is 6.28. The van der Waals surface area contributed by atoms with Crippen molar-refractivity contribution in [2.45, 2.75) is 26.9 Å². The lowest BCUT2D eigenvalue weighted by atomic mass is 10.1. The minimum Gasteiger partial charge on any atom is -0.324 e. The number of nitrogens with two attached hydrogens (primary N) is 1. The number of imidazole rings is 1. The quantitative estimate of drug-likeness (QED) is 0.799. The molecule has 0 unspecified atom stereocenters. The number of aryl methyl sites for hydroxylation is 2. The monoisotopic (exact) mass is 299 g/mol. The first-order valence-corrected chi connectivity index (χ1v) is 7.38. The molecule has 1 aromatic heterocycles. The molecule has 0 amide bonds. The Morgan fingerprint density at radius 3 is 2.57 bits per heavy atom. The van der Waals surface area contributed by atoms with E-state index in [1.54, 1.807) is 0 Å². The predicted octanol–water partition coefficient (Wildman–Crippen LogP) is 3.81. The zero-order valence-corrected chi connectivity index (χ0v) is 13.0. The van der Waals surface area contributed by atoms with Gasteiger partial charge in [0.1, 0.15) is 5.82 Å².